The highest BCUT2D eigenvalue weighted by molar-refractivity contribution is 5.80. The minimum Gasteiger partial charge on any atom is -0.508 e. The highest BCUT2D eigenvalue weighted by Crippen LogP contribution is 2.09. The largest absolute Gasteiger partial charge is 0.508 e. The van der Waals surface area contributed by atoms with Gasteiger partial charge in [0.1, 0.15) is 5.75 Å². The molecule has 0 saturated heterocycles. The highest BCUT2D eigenvalue weighted by Gasteiger charge is 1.89. The van der Waals surface area contributed by atoms with E-state index in [0.717, 1.165) is 12.5 Å². The number of allylic oxidation sites excluding steroid dienone is 3. The van der Waals surface area contributed by atoms with Crippen molar-refractivity contribution in [1.29, 1.82) is 0 Å². The Kier molecular flexibility index (Phi) is 8.95. The molecule has 0 amide bonds. The normalized spacial score (nSPS) is 10.3. The van der Waals surface area contributed by atoms with Crippen molar-refractivity contribution in [3.05, 3.63) is 54.1 Å². The summed E-state index contributed by atoms with van der Waals surface area (Å²) in [7, 11) is 0. The van der Waals surface area contributed by atoms with Gasteiger partial charge in [-0.15, -0.1) is 0 Å². The van der Waals surface area contributed by atoms with Crippen molar-refractivity contribution in [3.63, 3.8) is 0 Å². The summed E-state index contributed by atoms with van der Waals surface area (Å²) in [5.41, 5.74) is 6.50. The van der Waals surface area contributed by atoms with Crippen LogP contribution < -0.4 is 5.73 Å². The predicted octanol–water partition coefficient (Wildman–Crippen LogP) is 2.10. The van der Waals surface area contributed by atoms with Crippen LogP contribution in [0.5, 0.6) is 5.75 Å². The molecule has 0 radical (unpaired) electrons. The van der Waals surface area contributed by atoms with E-state index in [2.05, 4.69) is 0 Å². The van der Waals surface area contributed by atoms with Crippen molar-refractivity contribution in [2.24, 2.45) is 5.73 Å². The van der Waals surface area contributed by atoms with E-state index in [9.17, 15) is 4.79 Å². The number of aromatic hydroxyl groups is 1. The fourth-order valence-corrected chi connectivity index (χ4v) is 1.08. The summed E-state index contributed by atoms with van der Waals surface area (Å²) in [5.74, 6) is -0.608. The number of carboxylic acids is 1. The number of hydrogen-bond donors (Lipinski definition) is 3. The second-order valence-corrected chi connectivity index (χ2v) is 3.43. The molecule has 4 nitrogen and oxygen atoms in total. The van der Waals surface area contributed by atoms with Gasteiger partial charge in [-0.3, -0.25) is 0 Å². The highest BCUT2D eigenvalue weighted by atomic mass is 16.4. The molecule has 0 aliphatic heterocycles. The number of phenols is 1. The fourth-order valence-electron chi connectivity index (χ4n) is 1.08. The van der Waals surface area contributed by atoms with E-state index in [1.165, 1.54) is 11.6 Å². The smallest absolute Gasteiger partial charge is 0.328 e. The van der Waals surface area contributed by atoms with Crippen molar-refractivity contribution in [2.75, 3.05) is 6.54 Å². The van der Waals surface area contributed by atoms with Gasteiger partial charge >= 0.3 is 5.97 Å². The monoisotopic (exact) mass is 249 g/mol. The minimum absolute atomic E-state index is 0.306. The first-order valence-corrected chi connectivity index (χ1v) is 5.60. The molecule has 4 heteroatoms. The predicted molar refractivity (Wildman–Crippen MR) is 72.5 cm³/mol. The average Bonchev–Trinajstić information content (AvgIpc) is 2.33. The van der Waals surface area contributed by atoms with Crippen LogP contribution in [0.1, 0.15) is 12.5 Å². The average molecular weight is 249 g/mol. The quantitative estimate of drug-likeness (QED) is 0.563. The molecule has 0 aliphatic rings. The van der Waals surface area contributed by atoms with Crippen LogP contribution in [-0.2, 0) is 11.2 Å². The van der Waals surface area contributed by atoms with Gasteiger partial charge in [-0.1, -0.05) is 30.4 Å². The van der Waals surface area contributed by atoms with Crippen molar-refractivity contribution >= 4 is 5.97 Å². The molecule has 4 N–H and O–H groups in total. The number of carbonyl (C=O) groups is 1. The Labute approximate surface area is 107 Å². The van der Waals surface area contributed by atoms with E-state index in [1.54, 1.807) is 24.3 Å². The summed E-state index contributed by atoms with van der Waals surface area (Å²) < 4.78 is 0. The van der Waals surface area contributed by atoms with Gasteiger partial charge in [0, 0.05) is 6.08 Å². The van der Waals surface area contributed by atoms with Crippen molar-refractivity contribution in [3.8, 4) is 5.75 Å². The fraction of sp³-hybridized carbons (Fsp3) is 0.214. The topological polar surface area (TPSA) is 83.5 Å². The molecule has 1 rings (SSSR count). The second kappa shape index (κ2) is 10.1. The van der Waals surface area contributed by atoms with Gasteiger partial charge in [0.15, 0.2) is 0 Å². The molecular formula is C14H19NO3. The minimum atomic E-state index is -0.914. The lowest BCUT2D eigenvalue weighted by atomic mass is 10.1. The first-order chi connectivity index (χ1) is 8.60. The summed E-state index contributed by atoms with van der Waals surface area (Å²) in [6.45, 7) is 2.48. The molecule has 1 aromatic carbocycles. The first kappa shape index (κ1) is 15.9. The first-order valence-electron chi connectivity index (χ1n) is 5.60. The van der Waals surface area contributed by atoms with E-state index in [0.29, 0.717) is 12.3 Å². The summed E-state index contributed by atoms with van der Waals surface area (Å²) in [6, 6.07) is 7.10. The molecule has 0 aromatic heterocycles. The van der Waals surface area contributed by atoms with Crippen LogP contribution >= 0.6 is 0 Å². The number of phenolic OH excluding ortho intramolecular Hbond substituents is 1. The zero-order chi connectivity index (χ0) is 13.8. The molecule has 18 heavy (non-hydrogen) atoms. The Balaban J connectivity index is 0.000000331. The molecule has 98 valence electrons. The standard InChI is InChI=1S/C8H11NO.C6H8O2/c9-6-5-7-1-3-8(10)4-2-7;1-2-3-4-5-6(7)8/h1-4,10H,5-6,9H2;2-5H,1H3,(H,7,8)/b;3-2+,5-4?. The summed E-state index contributed by atoms with van der Waals surface area (Å²) >= 11 is 0. The Morgan fingerprint density at radius 2 is 1.89 bits per heavy atom. The third-order valence-corrected chi connectivity index (χ3v) is 1.91. The summed E-state index contributed by atoms with van der Waals surface area (Å²) in [6.07, 6.45) is 6.86. The van der Waals surface area contributed by atoms with Gasteiger partial charge in [-0.05, 0) is 37.6 Å². The molecule has 0 spiro atoms. The van der Waals surface area contributed by atoms with E-state index in [1.807, 2.05) is 19.1 Å². The zero-order valence-electron chi connectivity index (χ0n) is 10.4. The van der Waals surface area contributed by atoms with Crippen LogP contribution in [-0.4, -0.2) is 22.7 Å². The number of carboxylic acid groups (broad SMARTS) is 1. The lowest BCUT2D eigenvalue weighted by molar-refractivity contribution is -0.131. The van der Waals surface area contributed by atoms with Crippen LogP contribution in [0.4, 0.5) is 0 Å². The molecule has 0 heterocycles. The maximum Gasteiger partial charge on any atom is 0.328 e. The Morgan fingerprint density at radius 1 is 1.28 bits per heavy atom. The number of nitrogens with two attached hydrogens (primary N) is 1. The third-order valence-electron chi connectivity index (χ3n) is 1.91. The van der Waals surface area contributed by atoms with Crippen LogP contribution in [0.25, 0.3) is 0 Å². The number of aliphatic carboxylic acids is 1. The number of rotatable bonds is 4. The molecular weight excluding hydrogens is 230 g/mol. The van der Waals surface area contributed by atoms with Gasteiger partial charge in [-0.2, -0.15) is 0 Å². The summed E-state index contributed by atoms with van der Waals surface area (Å²) in [5, 5.41) is 16.9. The van der Waals surface area contributed by atoms with Gasteiger partial charge < -0.3 is 15.9 Å². The molecule has 0 saturated carbocycles. The molecule has 1 aromatic rings. The van der Waals surface area contributed by atoms with Crippen LogP contribution in [0, 0.1) is 0 Å². The van der Waals surface area contributed by atoms with E-state index >= 15 is 0 Å². The van der Waals surface area contributed by atoms with Crippen molar-refractivity contribution in [1.82, 2.24) is 0 Å². The number of hydrogen-bond acceptors (Lipinski definition) is 3. The van der Waals surface area contributed by atoms with Crippen LogP contribution in [0.2, 0.25) is 0 Å². The zero-order valence-corrected chi connectivity index (χ0v) is 10.4. The molecule has 0 aliphatic carbocycles. The van der Waals surface area contributed by atoms with Gasteiger partial charge in [-0.25, -0.2) is 4.79 Å². The third kappa shape index (κ3) is 9.18. The SMILES string of the molecule is C/C=C/C=CC(=O)O.NCCc1ccc(O)cc1. The van der Waals surface area contributed by atoms with E-state index < -0.39 is 5.97 Å². The number of benzene rings is 1. The van der Waals surface area contributed by atoms with Gasteiger partial charge in [0.05, 0.1) is 0 Å². The Hall–Kier alpha value is -2.07. The van der Waals surface area contributed by atoms with Crippen molar-refractivity contribution in [2.45, 2.75) is 13.3 Å². The lowest BCUT2D eigenvalue weighted by Crippen LogP contribution is -2.01. The van der Waals surface area contributed by atoms with Crippen LogP contribution in [0.3, 0.4) is 0 Å². The summed E-state index contributed by atoms with van der Waals surface area (Å²) in [4.78, 5) is 9.75. The van der Waals surface area contributed by atoms with Gasteiger partial charge in [0.25, 0.3) is 0 Å². The molecule has 0 unspecified atom stereocenters. The van der Waals surface area contributed by atoms with Crippen LogP contribution in [0.15, 0.2) is 48.6 Å². The van der Waals surface area contributed by atoms with E-state index in [-0.39, 0.29) is 0 Å². The van der Waals surface area contributed by atoms with Crippen molar-refractivity contribution < 1.29 is 15.0 Å². The maximum absolute atomic E-state index is 9.75. The van der Waals surface area contributed by atoms with E-state index in [4.69, 9.17) is 15.9 Å². The second-order valence-electron chi connectivity index (χ2n) is 3.43. The lowest BCUT2D eigenvalue weighted by Gasteiger charge is -1.96. The maximum atomic E-state index is 9.75. The molecule has 0 fully saturated rings. The molecule has 0 atom stereocenters. The Morgan fingerprint density at radius 3 is 2.33 bits per heavy atom. The van der Waals surface area contributed by atoms with Gasteiger partial charge in [0.2, 0.25) is 0 Å². The molecule has 0 bridgehead atoms. The Bertz CT molecular complexity index is 394.